The first-order chi connectivity index (χ1) is 11.9. The van der Waals surface area contributed by atoms with Gasteiger partial charge >= 0.3 is 5.97 Å². The third-order valence-electron chi connectivity index (χ3n) is 3.44. The second kappa shape index (κ2) is 7.68. The molecule has 0 radical (unpaired) electrons. The molecule has 0 saturated heterocycles. The van der Waals surface area contributed by atoms with E-state index in [4.69, 9.17) is 15.1 Å². The lowest BCUT2D eigenvalue weighted by Crippen LogP contribution is -2.32. The monoisotopic (exact) mass is 360 g/mol. The Morgan fingerprint density at radius 1 is 1.24 bits per heavy atom. The summed E-state index contributed by atoms with van der Waals surface area (Å²) in [6, 6.07) is 13.4. The predicted molar refractivity (Wildman–Crippen MR) is 91.2 cm³/mol. The maximum absolute atomic E-state index is 13.0. The number of hydrogen-bond donors (Lipinski definition) is 1. The van der Waals surface area contributed by atoms with Crippen LogP contribution in [-0.4, -0.2) is 33.1 Å². The summed E-state index contributed by atoms with van der Waals surface area (Å²) in [5, 5.41) is 17.9. The van der Waals surface area contributed by atoms with Crippen LogP contribution in [0.2, 0.25) is 0 Å². The van der Waals surface area contributed by atoms with Crippen molar-refractivity contribution < 1.29 is 23.1 Å². The lowest BCUT2D eigenvalue weighted by Gasteiger charge is -2.24. The van der Waals surface area contributed by atoms with Crippen LogP contribution in [0.3, 0.4) is 0 Å². The van der Waals surface area contributed by atoms with E-state index in [1.807, 2.05) is 6.07 Å². The number of hydrogen-bond acceptors (Lipinski definition) is 5. The molecule has 0 fully saturated rings. The van der Waals surface area contributed by atoms with E-state index in [9.17, 15) is 13.2 Å². The van der Waals surface area contributed by atoms with E-state index in [-0.39, 0.29) is 23.4 Å². The number of rotatable bonds is 7. The van der Waals surface area contributed by atoms with E-state index in [1.54, 1.807) is 18.2 Å². The quantitative estimate of drug-likeness (QED) is 0.813. The second-order valence-corrected chi connectivity index (χ2v) is 6.88. The van der Waals surface area contributed by atoms with Crippen molar-refractivity contribution in [1.29, 1.82) is 5.26 Å². The third-order valence-corrected chi connectivity index (χ3v) is 5.26. The van der Waals surface area contributed by atoms with Crippen LogP contribution < -0.4 is 9.04 Å². The first-order valence-corrected chi connectivity index (χ1v) is 8.71. The van der Waals surface area contributed by atoms with Gasteiger partial charge in [-0.25, -0.2) is 13.2 Å². The van der Waals surface area contributed by atoms with Gasteiger partial charge in [0.25, 0.3) is 10.0 Å². The molecule has 0 bridgehead atoms. The molecule has 0 aliphatic heterocycles. The number of nitriles is 1. The molecule has 0 aliphatic carbocycles. The van der Waals surface area contributed by atoms with Crippen molar-refractivity contribution in [2.75, 3.05) is 18.0 Å². The number of carboxylic acids is 1. The molecule has 7 nitrogen and oxygen atoms in total. The van der Waals surface area contributed by atoms with Gasteiger partial charge in [-0.15, -0.1) is 0 Å². The second-order valence-electron chi connectivity index (χ2n) is 5.02. The Morgan fingerprint density at radius 3 is 2.60 bits per heavy atom. The molecule has 0 spiro atoms. The Morgan fingerprint density at radius 2 is 1.96 bits per heavy atom. The van der Waals surface area contributed by atoms with Crippen LogP contribution in [0.1, 0.15) is 16.8 Å². The smallest absolute Gasteiger partial charge is 0.335 e. The van der Waals surface area contributed by atoms with Crippen molar-refractivity contribution in [2.45, 2.75) is 11.3 Å². The summed E-state index contributed by atoms with van der Waals surface area (Å²) in [6.07, 6.45) is -0.0188. The van der Waals surface area contributed by atoms with Crippen LogP contribution in [0.25, 0.3) is 0 Å². The van der Waals surface area contributed by atoms with E-state index in [0.29, 0.717) is 11.4 Å². The highest BCUT2D eigenvalue weighted by Gasteiger charge is 2.26. The molecular weight excluding hydrogens is 344 g/mol. The largest absolute Gasteiger partial charge is 0.497 e. The van der Waals surface area contributed by atoms with Gasteiger partial charge in [-0.1, -0.05) is 12.1 Å². The summed E-state index contributed by atoms with van der Waals surface area (Å²) in [4.78, 5) is 10.9. The molecule has 8 heteroatoms. The number of benzene rings is 2. The Bertz CT molecular complexity index is 919. The third kappa shape index (κ3) is 4.08. The molecule has 0 aliphatic rings. The molecule has 25 heavy (non-hydrogen) atoms. The number of aromatic carboxylic acids is 1. The van der Waals surface area contributed by atoms with Gasteiger partial charge in [-0.05, 0) is 30.3 Å². The highest BCUT2D eigenvalue weighted by Crippen LogP contribution is 2.27. The van der Waals surface area contributed by atoms with Crippen LogP contribution >= 0.6 is 0 Å². The molecule has 2 aromatic rings. The number of anilines is 1. The minimum atomic E-state index is -4.04. The minimum absolute atomic E-state index is 0.0188. The SMILES string of the molecule is COc1cccc(N(CCC#N)S(=O)(=O)c2cccc(C(=O)O)c2)c1. The van der Waals surface area contributed by atoms with Gasteiger partial charge in [0.2, 0.25) is 0 Å². The van der Waals surface area contributed by atoms with Crippen LogP contribution in [0.15, 0.2) is 53.4 Å². The Kier molecular flexibility index (Phi) is 5.62. The average Bonchev–Trinajstić information content (AvgIpc) is 2.62. The van der Waals surface area contributed by atoms with Gasteiger partial charge in [0.05, 0.1) is 35.7 Å². The number of methoxy groups -OCH3 is 1. The van der Waals surface area contributed by atoms with Crippen LogP contribution in [0, 0.1) is 11.3 Å². The van der Waals surface area contributed by atoms with Crippen molar-refractivity contribution in [3.05, 3.63) is 54.1 Å². The summed E-state index contributed by atoms with van der Waals surface area (Å²) in [7, 11) is -2.58. The molecule has 1 N–H and O–H groups in total. The van der Waals surface area contributed by atoms with Gasteiger partial charge in [0, 0.05) is 12.6 Å². The fraction of sp³-hybridized carbons (Fsp3) is 0.176. The van der Waals surface area contributed by atoms with Gasteiger partial charge in [-0.3, -0.25) is 4.31 Å². The molecule has 0 saturated carbocycles. The van der Waals surface area contributed by atoms with E-state index >= 15 is 0 Å². The summed E-state index contributed by atoms with van der Waals surface area (Å²) in [5.74, 6) is -0.754. The van der Waals surface area contributed by atoms with E-state index < -0.39 is 16.0 Å². The number of nitrogens with zero attached hydrogens (tertiary/aromatic N) is 2. The lowest BCUT2D eigenvalue weighted by atomic mass is 10.2. The molecule has 0 aromatic heterocycles. The molecular formula is C17H16N2O5S. The van der Waals surface area contributed by atoms with E-state index in [0.717, 1.165) is 10.4 Å². The van der Waals surface area contributed by atoms with Crippen molar-refractivity contribution in [3.8, 4) is 11.8 Å². The summed E-state index contributed by atoms with van der Waals surface area (Å²) in [5.41, 5.74) is 0.197. The molecule has 0 unspecified atom stereocenters. The van der Waals surface area contributed by atoms with Crippen LogP contribution in [0.5, 0.6) is 5.75 Å². The fourth-order valence-electron chi connectivity index (χ4n) is 2.22. The lowest BCUT2D eigenvalue weighted by molar-refractivity contribution is 0.0696. The van der Waals surface area contributed by atoms with Gasteiger partial charge in [0.15, 0.2) is 0 Å². The maximum atomic E-state index is 13.0. The van der Waals surface area contributed by atoms with Gasteiger partial charge in [0.1, 0.15) is 5.75 Å². The molecule has 130 valence electrons. The van der Waals surface area contributed by atoms with Crippen molar-refractivity contribution in [1.82, 2.24) is 0 Å². The highest BCUT2D eigenvalue weighted by atomic mass is 32.2. The molecule has 0 atom stereocenters. The zero-order valence-electron chi connectivity index (χ0n) is 13.4. The van der Waals surface area contributed by atoms with E-state index in [1.165, 1.54) is 31.4 Å². The van der Waals surface area contributed by atoms with Gasteiger partial charge in [-0.2, -0.15) is 5.26 Å². The predicted octanol–water partition coefficient (Wildman–Crippen LogP) is 2.50. The molecule has 0 amide bonds. The Hall–Kier alpha value is -3.05. The van der Waals surface area contributed by atoms with E-state index in [2.05, 4.69) is 0 Å². The zero-order chi connectivity index (χ0) is 18.4. The minimum Gasteiger partial charge on any atom is -0.497 e. The Balaban J connectivity index is 2.54. The summed E-state index contributed by atoms with van der Waals surface area (Å²) < 4.78 is 32.2. The van der Waals surface area contributed by atoms with Crippen molar-refractivity contribution in [2.24, 2.45) is 0 Å². The van der Waals surface area contributed by atoms with Crippen LogP contribution in [-0.2, 0) is 10.0 Å². The normalized spacial score (nSPS) is 10.7. The van der Waals surface area contributed by atoms with Gasteiger partial charge < -0.3 is 9.84 Å². The van der Waals surface area contributed by atoms with Crippen molar-refractivity contribution in [3.63, 3.8) is 0 Å². The highest BCUT2D eigenvalue weighted by molar-refractivity contribution is 7.92. The fourth-order valence-corrected chi connectivity index (χ4v) is 3.73. The summed E-state index contributed by atoms with van der Waals surface area (Å²) in [6.45, 7) is -0.0662. The average molecular weight is 360 g/mol. The number of ether oxygens (including phenoxy) is 1. The first-order valence-electron chi connectivity index (χ1n) is 7.27. The first kappa shape index (κ1) is 18.3. The maximum Gasteiger partial charge on any atom is 0.335 e. The molecule has 2 aromatic carbocycles. The zero-order valence-corrected chi connectivity index (χ0v) is 14.2. The molecule has 0 heterocycles. The topological polar surface area (TPSA) is 108 Å². The summed E-state index contributed by atoms with van der Waals surface area (Å²) >= 11 is 0. The number of sulfonamides is 1. The number of carbonyl (C=O) groups is 1. The number of carboxylic acid groups (broad SMARTS) is 1. The van der Waals surface area contributed by atoms with Crippen molar-refractivity contribution >= 4 is 21.7 Å². The Labute approximate surface area is 145 Å². The van der Waals surface area contributed by atoms with Crippen LogP contribution in [0.4, 0.5) is 5.69 Å². The molecule has 2 rings (SSSR count). The standard InChI is InChI=1S/C17H16N2O5S/c1-24-15-7-3-6-14(12-15)19(10-4-9-18)25(22,23)16-8-2-5-13(11-16)17(20)21/h2-3,5-8,11-12H,4,10H2,1H3,(H,20,21).